The number of aromatic carboxylic acids is 1. The lowest BCUT2D eigenvalue weighted by Gasteiger charge is -2.26. The molecule has 0 aromatic carbocycles. The summed E-state index contributed by atoms with van der Waals surface area (Å²) in [6, 6.07) is 2.07. The van der Waals surface area contributed by atoms with Gasteiger partial charge in [0.2, 0.25) is 5.95 Å². The van der Waals surface area contributed by atoms with Gasteiger partial charge in [-0.05, 0) is 37.0 Å². The molecule has 2 saturated carbocycles. The smallest absolute Gasteiger partial charge is 0.354 e. The Labute approximate surface area is 121 Å². The SMILES string of the molecule is O=C(O)c1cc2nccn2c(N2CC3CC4CC3C2C4)n1. The largest absolute Gasteiger partial charge is 0.477 e. The van der Waals surface area contributed by atoms with Crippen molar-refractivity contribution >= 4 is 17.6 Å². The van der Waals surface area contributed by atoms with E-state index >= 15 is 0 Å². The van der Waals surface area contributed by atoms with Crippen LogP contribution >= 0.6 is 0 Å². The molecule has 5 rings (SSSR count). The van der Waals surface area contributed by atoms with Gasteiger partial charge in [-0.1, -0.05) is 0 Å². The minimum atomic E-state index is -0.992. The molecule has 3 heterocycles. The fourth-order valence-electron chi connectivity index (χ4n) is 4.86. The fraction of sp³-hybridized carbons (Fsp3) is 0.533. The summed E-state index contributed by atoms with van der Waals surface area (Å²) in [4.78, 5) is 22.3. The molecule has 4 unspecified atom stereocenters. The van der Waals surface area contributed by atoms with E-state index in [1.54, 1.807) is 6.20 Å². The summed E-state index contributed by atoms with van der Waals surface area (Å²) in [6.45, 7) is 1.01. The molecule has 2 bridgehead atoms. The molecule has 6 nitrogen and oxygen atoms in total. The van der Waals surface area contributed by atoms with E-state index < -0.39 is 5.97 Å². The predicted molar refractivity (Wildman–Crippen MR) is 75.4 cm³/mol. The molecular weight excluding hydrogens is 268 g/mol. The van der Waals surface area contributed by atoms with Crippen molar-refractivity contribution < 1.29 is 9.90 Å². The summed E-state index contributed by atoms with van der Waals surface area (Å²) in [6.07, 6.45) is 7.49. The van der Waals surface area contributed by atoms with Crippen LogP contribution in [0.4, 0.5) is 5.95 Å². The van der Waals surface area contributed by atoms with Gasteiger partial charge in [0.15, 0.2) is 5.69 Å². The number of carbonyl (C=O) groups is 1. The third kappa shape index (κ3) is 1.45. The van der Waals surface area contributed by atoms with E-state index in [1.165, 1.54) is 25.3 Å². The molecule has 1 saturated heterocycles. The molecule has 2 aromatic rings. The first-order valence-corrected chi connectivity index (χ1v) is 7.55. The van der Waals surface area contributed by atoms with Gasteiger partial charge in [-0.2, -0.15) is 0 Å². The van der Waals surface area contributed by atoms with Crippen molar-refractivity contribution in [2.24, 2.45) is 17.8 Å². The van der Waals surface area contributed by atoms with Crippen LogP contribution in [0.3, 0.4) is 0 Å². The molecule has 0 radical (unpaired) electrons. The molecule has 4 atom stereocenters. The topological polar surface area (TPSA) is 70.7 Å². The number of carboxylic acids is 1. The van der Waals surface area contributed by atoms with Crippen molar-refractivity contribution in [3.63, 3.8) is 0 Å². The van der Waals surface area contributed by atoms with Crippen LogP contribution in [-0.4, -0.2) is 38.0 Å². The lowest BCUT2D eigenvalue weighted by molar-refractivity contribution is 0.0690. The summed E-state index contributed by atoms with van der Waals surface area (Å²) < 4.78 is 1.92. The third-order valence-electron chi connectivity index (χ3n) is 5.59. The minimum Gasteiger partial charge on any atom is -0.477 e. The van der Waals surface area contributed by atoms with Gasteiger partial charge >= 0.3 is 5.97 Å². The van der Waals surface area contributed by atoms with Crippen LogP contribution in [0.1, 0.15) is 29.8 Å². The van der Waals surface area contributed by atoms with Crippen LogP contribution in [0, 0.1) is 17.8 Å². The van der Waals surface area contributed by atoms with E-state index in [2.05, 4.69) is 14.9 Å². The quantitative estimate of drug-likeness (QED) is 0.908. The second kappa shape index (κ2) is 3.75. The Morgan fingerprint density at radius 1 is 1.33 bits per heavy atom. The number of hydrogen-bond donors (Lipinski definition) is 1. The molecule has 1 aliphatic heterocycles. The van der Waals surface area contributed by atoms with Crippen molar-refractivity contribution in [1.82, 2.24) is 14.4 Å². The van der Waals surface area contributed by atoms with Gasteiger partial charge in [-0.15, -0.1) is 0 Å². The van der Waals surface area contributed by atoms with E-state index in [0.717, 1.165) is 30.2 Å². The minimum absolute atomic E-state index is 0.0810. The molecule has 1 N–H and O–H groups in total. The molecule has 0 spiro atoms. The van der Waals surface area contributed by atoms with Crippen LogP contribution in [0.5, 0.6) is 0 Å². The highest BCUT2D eigenvalue weighted by Crippen LogP contribution is 2.55. The molecule has 2 aliphatic carbocycles. The number of anilines is 1. The standard InChI is InChI=1S/C15H16N4O2/c20-14(21)11-6-13-16-1-2-18(13)15(17-11)19-7-9-3-8-4-10(9)12(19)5-8/h1-2,6,8-10,12H,3-5,7H2,(H,20,21). The molecule has 3 aliphatic rings. The normalized spacial score (nSPS) is 33.2. The zero-order chi connectivity index (χ0) is 14.1. The monoisotopic (exact) mass is 284 g/mol. The van der Waals surface area contributed by atoms with Crippen molar-refractivity contribution in [2.45, 2.75) is 25.3 Å². The van der Waals surface area contributed by atoms with Crippen molar-refractivity contribution in [2.75, 3.05) is 11.4 Å². The highest BCUT2D eigenvalue weighted by Gasteiger charge is 2.54. The van der Waals surface area contributed by atoms with E-state index in [0.29, 0.717) is 11.7 Å². The maximum Gasteiger partial charge on any atom is 0.354 e. The lowest BCUT2D eigenvalue weighted by atomic mass is 9.90. The Morgan fingerprint density at radius 3 is 3.00 bits per heavy atom. The Kier molecular flexibility index (Phi) is 2.06. The maximum atomic E-state index is 11.3. The Bertz CT molecular complexity index is 753. The number of imidazole rings is 1. The fourth-order valence-corrected chi connectivity index (χ4v) is 4.86. The van der Waals surface area contributed by atoms with Gasteiger partial charge in [-0.3, -0.25) is 4.40 Å². The van der Waals surface area contributed by atoms with Gasteiger partial charge in [-0.25, -0.2) is 14.8 Å². The molecular formula is C15H16N4O2. The zero-order valence-corrected chi connectivity index (χ0v) is 11.5. The third-order valence-corrected chi connectivity index (χ3v) is 5.59. The summed E-state index contributed by atoms with van der Waals surface area (Å²) >= 11 is 0. The average Bonchev–Trinajstić information content (AvgIpc) is 3.17. The summed E-state index contributed by atoms with van der Waals surface area (Å²) in [5, 5.41) is 9.28. The first-order chi connectivity index (χ1) is 10.2. The molecule has 21 heavy (non-hydrogen) atoms. The number of rotatable bonds is 2. The first-order valence-electron chi connectivity index (χ1n) is 7.55. The summed E-state index contributed by atoms with van der Waals surface area (Å²) in [7, 11) is 0. The Hall–Kier alpha value is -2.11. The second-order valence-electron chi connectivity index (χ2n) is 6.62. The van der Waals surface area contributed by atoms with Gasteiger partial charge in [0.25, 0.3) is 0 Å². The summed E-state index contributed by atoms with van der Waals surface area (Å²) in [5.74, 6) is 2.18. The van der Waals surface area contributed by atoms with Crippen molar-refractivity contribution in [3.8, 4) is 0 Å². The number of hydrogen-bond acceptors (Lipinski definition) is 4. The van der Waals surface area contributed by atoms with Gasteiger partial charge in [0, 0.05) is 31.0 Å². The maximum absolute atomic E-state index is 11.3. The van der Waals surface area contributed by atoms with Crippen LogP contribution in [0.25, 0.3) is 5.65 Å². The van der Waals surface area contributed by atoms with Gasteiger partial charge in [0.05, 0.1) is 0 Å². The molecule has 2 aromatic heterocycles. The van der Waals surface area contributed by atoms with Gasteiger partial charge in [0.1, 0.15) is 5.65 Å². The van der Waals surface area contributed by atoms with E-state index in [4.69, 9.17) is 0 Å². The van der Waals surface area contributed by atoms with Crippen LogP contribution < -0.4 is 4.90 Å². The molecule has 108 valence electrons. The number of carboxylic acid groups (broad SMARTS) is 1. The van der Waals surface area contributed by atoms with Crippen LogP contribution in [0.2, 0.25) is 0 Å². The first kappa shape index (κ1) is 11.5. The second-order valence-corrected chi connectivity index (χ2v) is 6.62. The Morgan fingerprint density at radius 2 is 2.24 bits per heavy atom. The number of fused-ring (bicyclic) bond motifs is 2. The van der Waals surface area contributed by atoms with E-state index in [-0.39, 0.29) is 5.69 Å². The average molecular weight is 284 g/mol. The summed E-state index contributed by atoms with van der Waals surface area (Å²) in [5.41, 5.74) is 0.740. The van der Waals surface area contributed by atoms with Crippen molar-refractivity contribution in [3.05, 3.63) is 24.2 Å². The molecule has 6 heteroatoms. The Balaban J connectivity index is 1.67. The van der Waals surface area contributed by atoms with Gasteiger partial charge < -0.3 is 10.0 Å². The van der Waals surface area contributed by atoms with Crippen LogP contribution in [0.15, 0.2) is 18.5 Å². The predicted octanol–water partition coefficient (Wildman–Crippen LogP) is 1.66. The van der Waals surface area contributed by atoms with Crippen molar-refractivity contribution in [1.29, 1.82) is 0 Å². The number of aromatic nitrogens is 3. The molecule has 0 amide bonds. The van der Waals surface area contributed by atoms with E-state index in [9.17, 15) is 9.90 Å². The van der Waals surface area contributed by atoms with E-state index in [1.807, 2.05) is 10.6 Å². The zero-order valence-electron chi connectivity index (χ0n) is 11.5. The lowest BCUT2D eigenvalue weighted by Crippen LogP contribution is -2.32. The molecule has 3 fully saturated rings. The highest BCUT2D eigenvalue weighted by atomic mass is 16.4. The number of nitrogens with zero attached hydrogens (tertiary/aromatic N) is 4. The highest BCUT2D eigenvalue weighted by molar-refractivity contribution is 5.87. The van der Waals surface area contributed by atoms with Crippen LogP contribution in [-0.2, 0) is 0 Å².